The topological polar surface area (TPSA) is 70.0 Å². The second-order valence-corrected chi connectivity index (χ2v) is 7.91. The highest BCUT2D eigenvalue weighted by Gasteiger charge is 2.41. The van der Waals surface area contributed by atoms with Crippen LogP contribution in [0.3, 0.4) is 0 Å². The number of rotatable bonds is 7. The summed E-state index contributed by atoms with van der Waals surface area (Å²) in [5.41, 5.74) is 0.942. The second kappa shape index (κ2) is 6.78. The molecule has 4 nitrogen and oxygen atoms in total. The van der Waals surface area contributed by atoms with Crippen LogP contribution in [-0.4, -0.2) is 14.2 Å². The quantitative estimate of drug-likeness (QED) is 0.782. The number of nitriles is 1. The fourth-order valence-corrected chi connectivity index (χ4v) is 3.95. The van der Waals surface area contributed by atoms with Crippen molar-refractivity contribution >= 4 is 21.6 Å². The summed E-state index contributed by atoms with van der Waals surface area (Å²) in [6, 6.07) is 9.06. The summed E-state index contributed by atoms with van der Waals surface area (Å²) >= 11 is 5.89. The predicted molar refractivity (Wildman–Crippen MR) is 83.2 cm³/mol. The van der Waals surface area contributed by atoms with Gasteiger partial charge in [-0.3, -0.25) is 0 Å². The first-order valence-corrected chi connectivity index (χ1v) is 9.08. The molecule has 1 fully saturated rings. The molecular formula is C15H19ClN2O2S. The number of sulfonamides is 1. The van der Waals surface area contributed by atoms with Crippen LogP contribution >= 0.6 is 11.6 Å². The van der Waals surface area contributed by atoms with Crippen molar-refractivity contribution in [2.24, 2.45) is 11.8 Å². The van der Waals surface area contributed by atoms with E-state index in [-0.39, 0.29) is 18.2 Å². The summed E-state index contributed by atoms with van der Waals surface area (Å²) in [6.07, 6.45) is 1.64. The molecule has 2 rings (SSSR count). The van der Waals surface area contributed by atoms with E-state index < -0.39 is 10.0 Å². The Hall–Kier alpha value is -1.09. The van der Waals surface area contributed by atoms with Crippen molar-refractivity contribution in [2.45, 2.75) is 32.2 Å². The standard InChI is InChI=1S/C15H19ClN2O2S/c1-11-10-14(11)15(12-4-6-13(16)7-5-12)18-21(19,20)9-3-2-8-17/h4-7,11,14-15,18H,2-3,9-10H2,1H3/t11-,14-,15+/m0/s1. The van der Waals surface area contributed by atoms with E-state index in [1.54, 1.807) is 12.1 Å². The van der Waals surface area contributed by atoms with Crippen molar-refractivity contribution in [1.82, 2.24) is 4.72 Å². The molecule has 1 aromatic rings. The Balaban J connectivity index is 2.11. The number of benzene rings is 1. The summed E-state index contributed by atoms with van der Waals surface area (Å²) in [7, 11) is -3.37. The summed E-state index contributed by atoms with van der Waals surface area (Å²) < 4.78 is 27.1. The van der Waals surface area contributed by atoms with E-state index in [1.165, 1.54) is 0 Å². The monoisotopic (exact) mass is 326 g/mol. The van der Waals surface area contributed by atoms with E-state index in [2.05, 4.69) is 11.6 Å². The Kier molecular flexibility index (Phi) is 5.26. The molecule has 0 unspecified atom stereocenters. The molecule has 0 amide bonds. The maximum absolute atomic E-state index is 12.1. The highest BCUT2D eigenvalue weighted by Crippen LogP contribution is 2.47. The van der Waals surface area contributed by atoms with Gasteiger partial charge in [-0.15, -0.1) is 0 Å². The Morgan fingerprint density at radius 1 is 1.43 bits per heavy atom. The van der Waals surface area contributed by atoms with Crippen LogP contribution in [0.4, 0.5) is 0 Å². The summed E-state index contributed by atoms with van der Waals surface area (Å²) in [4.78, 5) is 0. The molecule has 21 heavy (non-hydrogen) atoms. The lowest BCUT2D eigenvalue weighted by Crippen LogP contribution is -2.32. The number of halogens is 1. The zero-order valence-corrected chi connectivity index (χ0v) is 13.5. The van der Waals surface area contributed by atoms with Gasteiger partial charge in [0, 0.05) is 17.5 Å². The summed E-state index contributed by atoms with van der Waals surface area (Å²) in [6.45, 7) is 2.12. The fourth-order valence-electron chi connectivity index (χ4n) is 2.48. The Morgan fingerprint density at radius 3 is 2.57 bits per heavy atom. The van der Waals surface area contributed by atoms with Crippen LogP contribution in [0.25, 0.3) is 0 Å². The summed E-state index contributed by atoms with van der Waals surface area (Å²) in [5, 5.41) is 9.14. The highest BCUT2D eigenvalue weighted by atomic mass is 35.5. The molecule has 0 aliphatic heterocycles. The van der Waals surface area contributed by atoms with Gasteiger partial charge in [-0.1, -0.05) is 30.7 Å². The largest absolute Gasteiger partial charge is 0.212 e. The van der Waals surface area contributed by atoms with E-state index in [9.17, 15) is 8.42 Å². The fraction of sp³-hybridized carbons (Fsp3) is 0.533. The molecule has 0 heterocycles. The average Bonchev–Trinajstić information content (AvgIpc) is 3.14. The van der Waals surface area contributed by atoms with Crippen LogP contribution in [0.1, 0.15) is 37.8 Å². The average molecular weight is 327 g/mol. The van der Waals surface area contributed by atoms with E-state index in [0.717, 1.165) is 12.0 Å². The van der Waals surface area contributed by atoms with Crippen molar-refractivity contribution in [3.63, 3.8) is 0 Å². The summed E-state index contributed by atoms with van der Waals surface area (Å²) in [5.74, 6) is 0.843. The minimum atomic E-state index is -3.37. The van der Waals surface area contributed by atoms with Gasteiger partial charge in [0.05, 0.1) is 11.8 Å². The Labute approximate surface area is 131 Å². The van der Waals surface area contributed by atoms with Gasteiger partial charge in [0.25, 0.3) is 0 Å². The molecule has 3 atom stereocenters. The van der Waals surface area contributed by atoms with Gasteiger partial charge in [0.2, 0.25) is 10.0 Å². The van der Waals surface area contributed by atoms with Gasteiger partial charge in [0.1, 0.15) is 0 Å². The molecular weight excluding hydrogens is 308 g/mol. The lowest BCUT2D eigenvalue weighted by molar-refractivity contribution is 0.512. The molecule has 114 valence electrons. The predicted octanol–water partition coefficient (Wildman–Crippen LogP) is 3.26. The molecule has 0 saturated heterocycles. The van der Waals surface area contributed by atoms with Gasteiger partial charge in [-0.05, 0) is 42.4 Å². The number of nitrogens with zero attached hydrogens (tertiary/aromatic N) is 1. The number of unbranched alkanes of at least 4 members (excludes halogenated alkanes) is 1. The van der Waals surface area contributed by atoms with Gasteiger partial charge in [-0.2, -0.15) is 5.26 Å². The van der Waals surface area contributed by atoms with Gasteiger partial charge in [-0.25, -0.2) is 13.1 Å². The molecule has 1 saturated carbocycles. The minimum Gasteiger partial charge on any atom is -0.212 e. The smallest absolute Gasteiger partial charge is 0.212 e. The number of nitrogens with one attached hydrogen (secondary N) is 1. The van der Waals surface area contributed by atoms with E-state index >= 15 is 0 Å². The molecule has 0 bridgehead atoms. The van der Waals surface area contributed by atoms with Crippen LogP contribution in [-0.2, 0) is 10.0 Å². The van der Waals surface area contributed by atoms with E-state index in [4.69, 9.17) is 16.9 Å². The van der Waals surface area contributed by atoms with Crippen LogP contribution in [0, 0.1) is 23.2 Å². The van der Waals surface area contributed by atoms with Crippen LogP contribution in [0.15, 0.2) is 24.3 Å². The molecule has 6 heteroatoms. The van der Waals surface area contributed by atoms with Crippen LogP contribution in [0.2, 0.25) is 5.02 Å². The second-order valence-electron chi connectivity index (χ2n) is 5.60. The van der Waals surface area contributed by atoms with Gasteiger partial charge in [0.15, 0.2) is 0 Å². The van der Waals surface area contributed by atoms with E-state index in [0.29, 0.717) is 23.3 Å². The highest BCUT2D eigenvalue weighted by molar-refractivity contribution is 7.89. The van der Waals surface area contributed by atoms with Gasteiger partial charge >= 0.3 is 0 Å². The normalized spacial score (nSPS) is 22.5. The molecule has 1 aromatic carbocycles. The van der Waals surface area contributed by atoms with Crippen LogP contribution in [0.5, 0.6) is 0 Å². The van der Waals surface area contributed by atoms with Crippen molar-refractivity contribution in [3.8, 4) is 6.07 Å². The third kappa shape index (κ3) is 4.70. The Morgan fingerprint density at radius 2 is 2.05 bits per heavy atom. The number of hydrogen-bond acceptors (Lipinski definition) is 3. The maximum Gasteiger partial charge on any atom is 0.212 e. The van der Waals surface area contributed by atoms with Crippen LogP contribution < -0.4 is 4.72 Å². The molecule has 0 radical (unpaired) electrons. The Bertz CT molecular complexity index is 622. The molecule has 1 N–H and O–H groups in total. The minimum absolute atomic E-state index is 0.00818. The van der Waals surface area contributed by atoms with Crippen molar-refractivity contribution in [1.29, 1.82) is 5.26 Å². The van der Waals surface area contributed by atoms with Crippen molar-refractivity contribution < 1.29 is 8.42 Å². The zero-order valence-electron chi connectivity index (χ0n) is 11.9. The zero-order chi connectivity index (χ0) is 15.5. The lowest BCUT2D eigenvalue weighted by Gasteiger charge is -2.19. The van der Waals surface area contributed by atoms with E-state index in [1.807, 2.05) is 18.2 Å². The third-order valence-electron chi connectivity index (χ3n) is 3.84. The van der Waals surface area contributed by atoms with Crippen molar-refractivity contribution in [2.75, 3.05) is 5.75 Å². The molecule has 1 aliphatic carbocycles. The SMILES string of the molecule is C[C@H]1C[C@@H]1[C@H](NS(=O)(=O)CCCC#N)c1ccc(Cl)cc1. The molecule has 1 aliphatic rings. The first-order valence-electron chi connectivity index (χ1n) is 7.05. The van der Waals surface area contributed by atoms with Gasteiger partial charge < -0.3 is 0 Å². The first-order chi connectivity index (χ1) is 9.93. The first kappa shape index (κ1) is 16.3. The molecule has 0 spiro atoms. The van der Waals surface area contributed by atoms with Crippen molar-refractivity contribution in [3.05, 3.63) is 34.9 Å². The lowest BCUT2D eigenvalue weighted by atomic mass is 10.0. The maximum atomic E-state index is 12.1. The molecule has 0 aromatic heterocycles. The number of hydrogen-bond donors (Lipinski definition) is 1. The third-order valence-corrected chi connectivity index (χ3v) is 5.53.